The minimum absolute atomic E-state index is 0.231. The smallest absolute Gasteiger partial charge is 0.399 e. The van der Waals surface area contributed by atoms with Crippen molar-refractivity contribution >= 4 is 33.5 Å². The summed E-state index contributed by atoms with van der Waals surface area (Å²) in [6, 6.07) is 8.61. The third-order valence-corrected chi connectivity index (χ3v) is 7.60. The van der Waals surface area contributed by atoms with Crippen molar-refractivity contribution in [3.05, 3.63) is 54.0 Å². The quantitative estimate of drug-likeness (QED) is 0.618. The van der Waals surface area contributed by atoms with E-state index < -0.39 is 28.3 Å². The van der Waals surface area contributed by atoms with Gasteiger partial charge in [0.25, 0.3) is 10.0 Å². The van der Waals surface area contributed by atoms with Crippen LogP contribution in [0.1, 0.15) is 39.0 Å². The molecule has 29 heavy (non-hydrogen) atoms. The van der Waals surface area contributed by atoms with Gasteiger partial charge < -0.3 is 9.31 Å². The van der Waals surface area contributed by atoms with E-state index in [1.165, 1.54) is 3.97 Å². The zero-order valence-electron chi connectivity index (χ0n) is 17.6. The van der Waals surface area contributed by atoms with Crippen molar-refractivity contribution in [3.8, 4) is 0 Å². The minimum Gasteiger partial charge on any atom is -0.399 e. The Kier molecular flexibility index (Phi) is 4.46. The Morgan fingerprint density at radius 3 is 2.17 bits per heavy atom. The number of fused-ring (bicyclic) bond motifs is 1. The van der Waals surface area contributed by atoms with Crippen molar-refractivity contribution in [1.82, 2.24) is 8.96 Å². The maximum absolute atomic E-state index is 13.4. The number of rotatable bonds is 3. The molecule has 2 aromatic heterocycles. The first-order valence-corrected chi connectivity index (χ1v) is 11.0. The molecule has 4 rings (SSSR count). The van der Waals surface area contributed by atoms with Gasteiger partial charge in [-0.15, -0.1) is 0 Å². The molecule has 1 aromatic carbocycles. The van der Waals surface area contributed by atoms with E-state index in [1.807, 2.05) is 41.5 Å². The third kappa shape index (κ3) is 3.19. The van der Waals surface area contributed by atoms with Gasteiger partial charge in [0, 0.05) is 28.9 Å². The van der Waals surface area contributed by atoms with Crippen molar-refractivity contribution in [1.29, 1.82) is 0 Å². The molecule has 0 bridgehead atoms. The van der Waals surface area contributed by atoms with Gasteiger partial charge in [-0.2, -0.15) is 0 Å². The van der Waals surface area contributed by atoms with Crippen LogP contribution in [-0.2, 0) is 19.3 Å². The van der Waals surface area contributed by atoms with Crippen LogP contribution in [0.25, 0.3) is 10.9 Å². The van der Waals surface area contributed by atoms with E-state index in [9.17, 15) is 8.42 Å². The molecule has 3 heterocycles. The highest BCUT2D eigenvalue weighted by Gasteiger charge is 2.52. The highest BCUT2D eigenvalue weighted by atomic mass is 32.2. The van der Waals surface area contributed by atoms with Crippen LogP contribution in [0.3, 0.4) is 0 Å². The molecule has 0 atom stereocenters. The van der Waals surface area contributed by atoms with Gasteiger partial charge in [0.05, 0.1) is 21.6 Å². The summed E-state index contributed by atoms with van der Waals surface area (Å²) in [5, 5.41) is 0.699. The van der Waals surface area contributed by atoms with E-state index >= 15 is 0 Å². The molecule has 1 aliphatic heterocycles. The predicted octanol–water partition coefficient (Wildman–Crippen LogP) is 3.19. The Balaban J connectivity index is 1.91. The SMILES string of the molecule is Cc1ccc(S(=O)(=O)n2cc(B3OC(C)(C)C(C)(C)O3)c3cnc(C)cc32)cc1. The molecular weight excluding hydrogens is 387 g/mol. The maximum Gasteiger partial charge on any atom is 0.497 e. The first-order chi connectivity index (χ1) is 13.4. The number of hydrogen-bond acceptors (Lipinski definition) is 5. The fraction of sp³-hybridized carbons (Fsp3) is 0.381. The molecule has 3 aromatic rings. The van der Waals surface area contributed by atoms with Crippen LogP contribution in [0.2, 0.25) is 0 Å². The Labute approximate surface area is 172 Å². The molecule has 0 radical (unpaired) electrons. The van der Waals surface area contributed by atoms with Crippen molar-refractivity contribution in [2.45, 2.75) is 57.6 Å². The van der Waals surface area contributed by atoms with E-state index in [-0.39, 0.29) is 4.90 Å². The van der Waals surface area contributed by atoms with Crippen LogP contribution >= 0.6 is 0 Å². The van der Waals surface area contributed by atoms with Gasteiger partial charge in [-0.3, -0.25) is 4.98 Å². The molecule has 152 valence electrons. The van der Waals surface area contributed by atoms with Crippen LogP contribution in [0, 0.1) is 13.8 Å². The van der Waals surface area contributed by atoms with E-state index in [4.69, 9.17) is 9.31 Å². The van der Waals surface area contributed by atoms with E-state index in [2.05, 4.69) is 4.98 Å². The predicted molar refractivity (Wildman–Crippen MR) is 114 cm³/mol. The van der Waals surface area contributed by atoms with Crippen LogP contribution in [-0.4, -0.2) is 35.7 Å². The van der Waals surface area contributed by atoms with Gasteiger partial charge in [0.15, 0.2) is 0 Å². The Morgan fingerprint density at radius 2 is 1.59 bits per heavy atom. The number of nitrogens with zero attached hydrogens (tertiary/aromatic N) is 2. The second-order valence-corrected chi connectivity index (χ2v) is 10.4. The lowest BCUT2D eigenvalue weighted by Crippen LogP contribution is -2.41. The lowest BCUT2D eigenvalue weighted by Gasteiger charge is -2.32. The number of aromatic nitrogens is 2. The molecule has 8 heteroatoms. The van der Waals surface area contributed by atoms with Crippen LogP contribution in [0.5, 0.6) is 0 Å². The average molecular weight is 412 g/mol. The summed E-state index contributed by atoms with van der Waals surface area (Å²) >= 11 is 0. The number of benzene rings is 1. The summed E-state index contributed by atoms with van der Waals surface area (Å²) in [4.78, 5) is 4.60. The second-order valence-electron chi connectivity index (χ2n) is 8.63. The summed E-state index contributed by atoms with van der Waals surface area (Å²) < 4.78 is 40.5. The van der Waals surface area contributed by atoms with Crippen LogP contribution in [0.4, 0.5) is 0 Å². The van der Waals surface area contributed by atoms with Crippen LogP contribution in [0.15, 0.2) is 47.6 Å². The topological polar surface area (TPSA) is 70.4 Å². The molecule has 1 aliphatic rings. The molecule has 0 unspecified atom stereocenters. The van der Waals surface area contributed by atoms with Crippen molar-refractivity contribution in [3.63, 3.8) is 0 Å². The van der Waals surface area contributed by atoms with Gasteiger partial charge in [0.1, 0.15) is 0 Å². The monoisotopic (exact) mass is 412 g/mol. The number of aryl methyl sites for hydroxylation is 2. The van der Waals surface area contributed by atoms with E-state index in [0.717, 1.165) is 11.3 Å². The lowest BCUT2D eigenvalue weighted by molar-refractivity contribution is 0.00578. The van der Waals surface area contributed by atoms with Gasteiger partial charge in [-0.25, -0.2) is 12.4 Å². The van der Waals surface area contributed by atoms with Gasteiger partial charge in [-0.05, 0) is 59.7 Å². The first-order valence-electron chi connectivity index (χ1n) is 9.58. The fourth-order valence-electron chi connectivity index (χ4n) is 3.40. The fourth-order valence-corrected chi connectivity index (χ4v) is 4.77. The van der Waals surface area contributed by atoms with Crippen molar-refractivity contribution in [2.24, 2.45) is 0 Å². The standard InChI is InChI=1S/C21H25BN2O4S/c1-14-7-9-16(10-8-14)29(25,26)24-13-18(17-12-23-15(2)11-19(17)24)22-27-20(3,4)21(5,6)28-22/h7-13H,1-6H3. The third-order valence-electron chi connectivity index (χ3n) is 5.91. The van der Waals surface area contributed by atoms with Gasteiger partial charge in [0.2, 0.25) is 0 Å². The largest absolute Gasteiger partial charge is 0.497 e. The molecule has 1 saturated heterocycles. The van der Waals surface area contributed by atoms with Gasteiger partial charge in [-0.1, -0.05) is 17.7 Å². The van der Waals surface area contributed by atoms with Crippen molar-refractivity contribution in [2.75, 3.05) is 0 Å². The molecular formula is C21H25BN2O4S. The highest BCUT2D eigenvalue weighted by Crippen LogP contribution is 2.37. The summed E-state index contributed by atoms with van der Waals surface area (Å²) in [5.74, 6) is 0. The molecule has 0 saturated carbocycles. The average Bonchev–Trinajstić information content (AvgIpc) is 3.09. The van der Waals surface area contributed by atoms with E-state index in [0.29, 0.717) is 16.4 Å². The zero-order chi connectivity index (χ0) is 21.2. The molecule has 6 nitrogen and oxygen atoms in total. The number of hydrogen-bond donors (Lipinski definition) is 0. The van der Waals surface area contributed by atoms with E-state index in [1.54, 1.807) is 42.7 Å². The van der Waals surface area contributed by atoms with Gasteiger partial charge >= 0.3 is 7.12 Å². The summed E-state index contributed by atoms with van der Waals surface area (Å²) in [5.41, 5.74) is 1.89. The summed E-state index contributed by atoms with van der Waals surface area (Å²) in [7, 11) is -4.47. The molecule has 0 aliphatic carbocycles. The lowest BCUT2D eigenvalue weighted by atomic mass is 9.79. The van der Waals surface area contributed by atoms with Crippen LogP contribution < -0.4 is 5.46 Å². The summed E-state index contributed by atoms with van der Waals surface area (Å²) in [6.45, 7) is 11.6. The Hall–Kier alpha value is -2.16. The molecule has 1 fully saturated rings. The highest BCUT2D eigenvalue weighted by molar-refractivity contribution is 7.90. The number of pyridine rings is 1. The normalized spacial score (nSPS) is 18.5. The summed E-state index contributed by atoms with van der Waals surface area (Å²) in [6.07, 6.45) is 3.29. The molecule has 0 spiro atoms. The zero-order valence-corrected chi connectivity index (χ0v) is 18.4. The molecule has 0 N–H and O–H groups in total. The Morgan fingerprint density at radius 1 is 1.00 bits per heavy atom. The first kappa shape index (κ1) is 20.1. The maximum atomic E-state index is 13.4. The van der Waals surface area contributed by atoms with Crippen molar-refractivity contribution < 1.29 is 17.7 Å². The second kappa shape index (κ2) is 6.42. The Bertz CT molecular complexity index is 1180. The molecule has 0 amide bonds. The minimum atomic E-state index is -3.79.